The summed E-state index contributed by atoms with van der Waals surface area (Å²) < 4.78 is 24.0. The monoisotopic (exact) mass is 464 g/mol. The average molecular weight is 464 g/mol. The van der Waals surface area contributed by atoms with Crippen LogP contribution in [-0.4, -0.2) is 50.5 Å². The lowest BCUT2D eigenvalue weighted by atomic mass is 10.1. The lowest BCUT2D eigenvalue weighted by Crippen LogP contribution is -2.31. The van der Waals surface area contributed by atoms with Gasteiger partial charge in [0.1, 0.15) is 0 Å². The van der Waals surface area contributed by atoms with Gasteiger partial charge < -0.3 is 19.3 Å². The SMILES string of the molecule is COc1ccc(CN(C)C(=O)COC(=O)c2ccccc2C(=O)N(C)c2ccccc2)cc1F. The Balaban J connectivity index is 1.64. The molecule has 0 heterocycles. The van der Waals surface area contributed by atoms with Gasteiger partial charge in [-0.1, -0.05) is 36.4 Å². The lowest BCUT2D eigenvalue weighted by Gasteiger charge is -2.19. The van der Waals surface area contributed by atoms with Gasteiger partial charge in [0.25, 0.3) is 11.8 Å². The number of methoxy groups -OCH3 is 1. The van der Waals surface area contributed by atoms with Gasteiger partial charge in [0, 0.05) is 26.3 Å². The zero-order chi connectivity index (χ0) is 24.7. The molecule has 0 fully saturated rings. The van der Waals surface area contributed by atoms with E-state index in [1.165, 1.54) is 48.2 Å². The number of halogens is 1. The summed E-state index contributed by atoms with van der Waals surface area (Å²) in [5.74, 6) is -2.08. The molecule has 3 aromatic carbocycles. The van der Waals surface area contributed by atoms with Crippen molar-refractivity contribution >= 4 is 23.5 Å². The van der Waals surface area contributed by atoms with Crippen molar-refractivity contribution in [3.63, 3.8) is 0 Å². The van der Waals surface area contributed by atoms with Gasteiger partial charge in [-0.3, -0.25) is 9.59 Å². The molecule has 0 aliphatic carbocycles. The highest BCUT2D eigenvalue weighted by atomic mass is 19.1. The van der Waals surface area contributed by atoms with Gasteiger partial charge in [-0.25, -0.2) is 9.18 Å². The van der Waals surface area contributed by atoms with Crippen molar-refractivity contribution in [1.29, 1.82) is 0 Å². The van der Waals surface area contributed by atoms with Crippen molar-refractivity contribution in [2.24, 2.45) is 0 Å². The fourth-order valence-corrected chi connectivity index (χ4v) is 3.28. The number of likely N-dealkylation sites (N-methyl/N-ethyl adjacent to an activating group) is 1. The molecule has 0 aliphatic heterocycles. The van der Waals surface area contributed by atoms with Crippen LogP contribution in [0.15, 0.2) is 72.8 Å². The Labute approximate surface area is 197 Å². The van der Waals surface area contributed by atoms with Crippen LogP contribution in [0.4, 0.5) is 10.1 Å². The van der Waals surface area contributed by atoms with Crippen molar-refractivity contribution in [1.82, 2.24) is 4.90 Å². The summed E-state index contributed by atoms with van der Waals surface area (Å²) in [5.41, 5.74) is 1.44. The predicted molar refractivity (Wildman–Crippen MR) is 125 cm³/mol. The Kier molecular flexibility index (Phi) is 7.97. The first-order chi connectivity index (χ1) is 16.3. The first-order valence-electron chi connectivity index (χ1n) is 10.5. The topological polar surface area (TPSA) is 76.1 Å². The Morgan fingerprint density at radius 3 is 2.18 bits per heavy atom. The standard InChI is InChI=1S/C26H25FN2O5/c1-28(16-18-13-14-23(33-3)22(27)15-18)24(30)17-34-26(32)21-12-8-7-11-20(21)25(31)29(2)19-9-5-4-6-10-19/h4-15H,16-17H2,1-3H3. The van der Waals surface area contributed by atoms with Gasteiger partial charge in [-0.2, -0.15) is 0 Å². The maximum atomic E-state index is 13.9. The number of hydrogen-bond donors (Lipinski definition) is 0. The van der Waals surface area contributed by atoms with Crippen LogP contribution in [0.25, 0.3) is 0 Å². The van der Waals surface area contributed by atoms with Crippen molar-refractivity contribution in [2.75, 3.05) is 32.7 Å². The molecular formula is C26H25FN2O5. The Morgan fingerprint density at radius 2 is 1.53 bits per heavy atom. The molecule has 2 amide bonds. The minimum atomic E-state index is -0.789. The van der Waals surface area contributed by atoms with Crippen LogP contribution in [0, 0.1) is 5.82 Å². The highest BCUT2D eigenvalue weighted by Crippen LogP contribution is 2.20. The van der Waals surface area contributed by atoms with E-state index in [-0.39, 0.29) is 29.3 Å². The molecule has 0 saturated heterocycles. The number of carbonyl (C=O) groups is 3. The smallest absolute Gasteiger partial charge is 0.339 e. The maximum absolute atomic E-state index is 13.9. The van der Waals surface area contributed by atoms with Crippen LogP contribution in [-0.2, 0) is 16.1 Å². The number of para-hydroxylation sites is 1. The van der Waals surface area contributed by atoms with E-state index in [9.17, 15) is 18.8 Å². The molecule has 34 heavy (non-hydrogen) atoms. The molecule has 3 aromatic rings. The lowest BCUT2D eigenvalue weighted by molar-refractivity contribution is -0.133. The first kappa shape index (κ1) is 24.4. The third-order valence-corrected chi connectivity index (χ3v) is 5.21. The number of nitrogens with zero attached hydrogens (tertiary/aromatic N) is 2. The normalized spacial score (nSPS) is 10.4. The zero-order valence-electron chi connectivity index (χ0n) is 19.2. The molecule has 0 N–H and O–H groups in total. The van der Waals surface area contributed by atoms with E-state index in [0.717, 1.165) is 0 Å². The number of rotatable bonds is 8. The van der Waals surface area contributed by atoms with Gasteiger partial charge in [0.15, 0.2) is 18.2 Å². The molecule has 0 saturated carbocycles. The molecule has 0 spiro atoms. The molecule has 0 aromatic heterocycles. The van der Waals surface area contributed by atoms with Crippen LogP contribution in [0.1, 0.15) is 26.3 Å². The minimum Gasteiger partial charge on any atom is -0.494 e. The van der Waals surface area contributed by atoms with E-state index >= 15 is 0 Å². The molecule has 3 rings (SSSR count). The Morgan fingerprint density at radius 1 is 0.882 bits per heavy atom. The van der Waals surface area contributed by atoms with Crippen molar-refractivity contribution < 1.29 is 28.2 Å². The molecule has 0 unspecified atom stereocenters. The van der Waals surface area contributed by atoms with Gasteiger partial charge in [0.05, 0.1) is 18.2 Å². The number of benzene rings is 3. The fraction of sp³-hybridized carbons (Fsp3) is 0.192. The van der Waals surface area contributed by atoms with Crippen LogP contribution < -0.4 is 9.64 Å². The van der Waals surface area contributed by atoms with Crippen LogP contribution in [0.3, 0.4) is 0 Å². The van der Waals surface area contributed by atoms with E-state index in [0.29, 0.717) is 11.3 Å². The second kappa shape index (κ2) is 11.1. The maximum Gasteiger partial charge on any atom is 0.339 e. The van der Waals surface area contributed by atoms with E-state index in [4.69, 9.17) is 9.47 Å². The molecule has 176 valence electrons. The predicted octanol–water partition coefficient (Wildman–Crippen LogP) is 3.93. The van der Waals surface area contributed by atoms with Crippen molar-refractivity contribution in [3.8, 4) is 5.75 Å². The molecular weight excluding hydrogens is 439 g/mol. The number of ether oxygens (including phenoxy) is 2. The largest absolute Gasteiger partial charge is 0.494 e. The Bertz CT molecular complexity index is 1180. The fourth-order valence-electron chi connectivity index (χ4n) is 3.28. The second-order valence-corrected chi connectivity index (χ2v) is 7.54. The number of hydrogen-bond acceptors (Lipinski definition) is 5. The zero-order valence-corrected chi connectivity index (χ0v) is 19.2. The summed E-state index contributed by atoms with van der Waals surface area (Å²) in [5, 5.41) is 0. The minimum absolute atomic E-state index is 0.0583. The molecule has 0 atom stereocenters. The summed E-state index contributed by atoms with van der Waals surface area (Å²) in [7, 11) is 4.50. The van der Waals surface area contributed by atoms with E-state index in [1.807, 2.05) is 18.2 Å². The molecule has 7 nitrogen and oxygen atoms in total. The summed E-state index contributed by atoms with van der Waals surface area (Å²) in [6.07, 6.45) is 0. The molecule has 0 aliphatic rings. The van der Waals surface area contributed by atoms with E-state index in [1.54, 1.807) is 37.4 Å². The van der Waals surface area contributed by atoms with Crippen molar-refractivity contribution in [2.45, 2.75) is 6.54 Å². The van der Waals surface area contributed by atoms with Crippen molar-refractivity contribution in [3.05, 3.63) is 95.3 Å². The van der Waals surface area contributed by atoms with Crippen LogP contribution in [0.5, 0.6) is 5.75 Å². The Hall–Kier alpha value is -4.20. The second-order valence-electron chi connectivity index (χ2n) is 7.54. The highest BCUT2D eigenvalue weighted by Gasteiger charge is 2.22. The summed E-state index contributed by atoms with van der Waals surface area (Å²) in [6, 6.07) is 19.7. The first-order valence-corrected chi connectivity index (χ1v) is 10.5. The number of amides is 2. The summed E-state index contributed by atoms with van der Waals surface area (Å²) in [6.45, 7) is -0.404. The van der Waals surface area contributed by atoms with Gasteiger partial charge in [-0.05, 0) is 42.0 Å². The van der Waals surface area contributed by atoms with E-state index < -0.39 is 24.3 Å². The third-order valence-electron chi connectivity index (χ3n) is 5.21. The van der Waals surface area contributed by atoms with E-state index in [2.05, 4.69) is 0 Å². The van der Waals surface area contributed by atoms with Gasteiger partial charge in [-0.15, -0.1) is 0 Å². The number of carbonyl (C=O) groups excluding carboxylic acids is 3. The molecule has 0 bridgehead atoms. The van der Waals surface area contributed by atoms with Crippen LogP contribution in [0.2, 0.25) is 0 Å². The number of anilines is 1. The summed E-state index contributed by atoms with van der Waals surface area (Å²) >= 11 is 0. The van der Waals surface area contributed by atoms with Gasteiger partial charge in [0.2, 0.25) is 0 Å². The quantitative estimate of drug-likeness (QED) is 0.472. The third kappa shape index (κ3) is 5.78. The average Bonchev–Trinajstić information content (AvgIpc) is 2.86. The molecule has 0 radical (unpaired) electrons. The number of esters is 1. The molecule has 8 heteroatoms. The summed E-state index contributed by atoms with van der Waals surface area (Å²) in [4.78, 5) is 40.9. The highest BCUT2D eigenvalue weighted by molar-refractivity contribution is 6.12. The van der Waals surface area contributed by atoms with Crippen LogP contribution >= 0.6 is 0 Å². The van der Waals surface area contributed by atoms with Gasteiger partial charge >= 0.3 is 5.97 Å².